The van der Waals surface area contributed by atoms with Crippen molar-refractivity contribution in [3.05, 3.63) is 69.9 Å². The van der Waals surface area contributed by atoms with Gasteiger partial charge in [0, 0.05) is 17.1 Å². The molecule has 25 heavy (non-hydrogen) atoms. The number of pyridine rings is 1. The first-order valence-corrected chi connectivity index (χ1v) is 7.66. The molecule has 0 aliphatic carbocycles. The highest BCUT2D eigenvalue weighted by atomic mass is 19.4. The van der Waals surface area contributed by atoms with Crippen LogP contribution in [0.3, 0.4) is 0 Å². The number of nitrogens with one attached hydrogen (secondary N) is 2. The van der Waals surface area contributed by atoms with E-state index in [9.17, 15) is 18.0 Å². The topological polar surface area (TPSA) is 48.6 Å². The van der Waals surface area contributed by atoms with Crippen LogP contribution in [0.2, 0.25) is 0 Å². The van der Waals surface area contributed by atoms with E-state index in [-0.39, 0.29) is 5.43 Å². The zero-order valence-electron chi connectivity index (χ0n) is 13.2. The van der Waals surface area contributed by atoms with Crippen LogP contribution in [0.15, 0.2) is 53.3 Å². The van der Waals surface area contributed by atoms with Crippen molar-refractivity contribution in [2.45, 2.75) is 13.1 Å². The monoisotopic (exact) mass is 342 g/mol. The van der Waals surface area contributed by atoms with Crippen molar-refractivity contribution in [2.24, 2.45) is 0 Å². The summed E-state index contributed by atoms with van der Waals surface area (Å²) in [4.78, 5) is 17.9. The Morgan fingerprint density at radius 2 is 1.72 bits per heavy atom. The van der Waals surface area contributed by atoms with Crippen molar-refractivity contribution < 1.29 is 13.2 Å². The lowest BCUT2D eigenvalue weighted by Gasteiger charge is -2.11. The van der Waals surface area contributed by atoms with Gasteiger partial charge < -0.3 is 9.97 Å². The molecule has 0 amide bonds. The lowest BCUT2D eigenvalue weighted by Crippen LogP contribution is -2.04. The van der Waals surface area contributed by atoms with E-state index in [1.54, 1.807) is 12.1 Å². The number of rotatable bonds is 1. The Balaban J connectivity index is 1.97. The number of hydrogen-bond donors (Lipinski definition) is 2. The Morgan fingerprint density at radius 3 is 2.48 bits per heavy atom. The predicted molar refractivity (Wildman–Crippen MR) is 91.6 cm³/mol. The van der Waals surface area contributed by atoms with Crippen LogP contribution in [0.4, 0.5) is 13.2 Å². The molecular formula is C19H13F3N2O. The van der Waals surface area contributed by atoms with E-state index in [1.807, 2.05) is 13.0 Å². The van der Waals surface area contributed by atoms with Gasteiger partial charge in [-0.1, -0.05) is 12.1 Å². The number of aryl methyl sites for hydroxylation is 1. The van der Waals surface area contributed by atoms with Crippen LogP contribution in [-0.2, 0) is 6.18 Å². The fraction of sp³-hybridized carbons (Fsp3) is 0.105. The molecule has 0 saturated heterocycles. The Kier molecular flexibility index (Phi) is 3.25. The third kappa shape index (κ3) is 2.59. The number of alkyl halides is 3. The number of hydrogen-bond acceptors (Lipinski definition) is 1. The third-order valence-electron chi connectivity index (χ3n) is 4.28. The number of H-pyrrole nitrogens is 2. The van der Waals surface area contributed by atoms with Crippen molar-refractivity contribution in [3.63, 3.8) is 0 Å². The van der Waals surface area contributed by atoms with Crippen LogP contribution in [0.5, 0.6) is 0 Å². The number of fused-ring (bicyclic) bond motifs is 3. The summed E-state index contributed by atoms with van der Waals surface area (Å²) in [5.41, 5.74) is 3.35. The highest BCUT2D eigenvalue weighted by Gasteiger charge is 2.30. The van der Waals surface area contributed by atoms with E-state index in [2.05, 4.69) is 9.97 Å². The van der Waals surface area contributed by atoms with Gasteiger partial charge in [-0.25, -0.2) is 0 Å². The van der Waals surface area contributed by atoms with Crippen molar-refractivity contribution in [3.8, 4) is 11.3 Å². The molecule has 2 aromatic carbocycles. The molecule has 2 aromatic heterocycles. The molecule has 4 aromatic rings. The minimum atomic E-state index is -4.39. The largest absolute Gasteiger partial charge is 0.416 e. The fourth-order valence-corrected chi connectivity index (χ4v) is 3.10. The first kappa shape index (κ1) is 15.5. The number of halogens is 3. The molecule has 3 nitrogen and oxygen atoms in total. The van der Waals surface area contributed by atoms with Crippen LogP contribution in [0, 0.1) is 6.92 Å². The first-order valence-electron chi connectivity index (χ1n) is 7.66. The van der Waals surface area contributed by atoms with Gasteiger partial charge in [0.25, 0.3) is 0 Å². The van der Waals surface area contributed by atoms with Crippen LogP contribution in [0.1, 0.15) is 11.1 Å². The van der Waals surface area contributed by atoms with Gasteiger partial charge >= 0.3 is 6.18 Å². The SMILES string of the molecule is Cc1cc2[nH]c3cc(=O)ccc3c2[nH]c1-c1cccc(C(F)(F)F)c1. The summed E-state index contributed by atoms with van der Waals surface area (Å²) >= 11 is 0. The first-order chi connectivity index (χ1) is 11.8. The average molecular weight is 342 g/mol. The highest BCUT2D eigenvalue weighted by molar-refractivity contribution is 6.05. The Hall–Kier alpha value is -3.02. The Morgan fingerprint density at radius 1 is 0.920 bits per heavy atom. The molecular weight excluding hydrogens is 329 g/mol. The van der Waals surface area contributed by atoms with E-state index in [0.717, 1.165) is 34.1 Å². The van der Waals surface area contributed by atoms with Gasteiger partial charge in [-0.3, -0.25) is 4.79 Å². The van der Waals surface area contributed by atoms with Crippen molar-refractivity contribution in [1.29, 1.82) is 0 Å². The standard InChI is InChI=1S/C19H13F3N2O/c1-10-7-16-18(14-6-5-13(25)9-15(14)23-16)24-17(10)11-3-2-4-12(8-11)19(20,21)22/h2-9,23-24H,1H3. The second-order valence-electron chi connectivity index (χ2n) is 6.03. The number of benzene rings is 2. The minimum absolute atomic E-state index is 0.103. The van der Waals surface area contributed by atoms with E-state index in [0.29, 0.717) is 16.8 Å². The molecule has 0 bridgehead atoms. The molecule has 0 saturated carbocycles. The van der Waals surface area contributed by atoms with E-state index < -0.39 is 11.7 Å². The molecule has 0 spiro atoms. The van der Waals surface area contributed by atoms with Gasteiger partial charge in [-0.05, 0) is 48.4 Å². The molecule has 2 heterocycles. The fourth-order valence-electron chi connectivity index (χ4n) is 3.10. The maximum absolute atomic E-state index is 13.0. The molecule has 126 valence electrons. The van der Waals surface area contributed by atoms with E-state index >= 15 is 0 Å². The Bertz CT molecular complexity index is 1170. The second-order valence-corrected chi connectivity index (χ2v) is 6.03. The molecule has 6 heteroatoms. The molecule has 4 rings (SSSR count). The van der Waals surface area contributed by atoms with Crippen LogP contribution >= 0.6 is 0 Å². The zero-order chi connectivity index (χ0) is 17.8. The smallest absolute Gasteiger partial charge is 0.353 e. The maximum atomic E-state index is 13.0. The normalized spacial score (nSPS) is 12.2. The molecule has 0 fully saturated rings. The van der Waals surface area contributed by atoms with E-state index in [4.69, 9.17) is 0 Å². The van der Waals surface area contributed by atoms with Crippen molar-refractivity contribution >= 4 is 21.9 Å². The van der Waals surface area contributed by atoms with E-state index in [1.165, 1.54) is 18.2 Å². The maximum Gasteiger partial charge on any atom is 0.416 e. The second kappa shape index (κ2) is 5.24. The summed E-state index contributed by atoms with van der Waals surface area (Å²) in [6, 6.07) is 11.8. The molecule has 0 atom stereocenters. The van der Waals surface area contributed by atoms with Gasteiger partial charge in [0.05, 0.1) is 22.1 Å². The highest BCUT2D eigenvalue weighted by Crippen LogP contribution is 2.34. The van der Waals surface area contributed by atoms with Crippen LogP contribution in [0.25, 0.3) is 33.2 Å². The molecule has 0 radical (unpaired) electrons. The molecule has 0 unspecified atom stereocenters. The van der Waals surface area contributed by atoms with Crippen LogP contribution < -0.4 is 5.43 Å². The van der Waals surface area contributed by atoms with Gasteiger partial charge in [0.15, 0.2) is 5.43 Å². The van der Waals surface area contributed by atoms with Crippen molar-refractivity contribution in [1.82, 2.24) is 9.97 Å². The quantitative estimate of drug-likeness (QED) is 0.502. The number of aromatic nitrogens is 2. The average Bonchev–Trinajstić information content (AvgIpc) is 2.89. The summed E-state index contributed by atoms with van der Waals surface area (Å²) in [6.45, 7) is 1.83. The minimum Gasteiger partial charge on any atom is -0.353 e. The molecule has 0 aliphatic rings. The molecule has 2 N–H and O–H groups in total. The lowest BCUT2D eigenvalue weighted by atomic mass is 10.0. The van der Waals surface area contributed by atoms with Gasteiger partial charge in [0.1, 0.15) is 0 Å². The summed E-state index contributed by atoms with van der Waals surface area (Å²) in [5, 5.41) is 0.822. The third-order valence-corrected chi connectivity index (χ3v) is 4.28. The van der Waals surface area contributed by atoms with Gasteiger partial charge in [0.2, 0.25) is 0 Å². The molecule has 0 aliphatic heterocycles. The van der Waals surface area contributed by atoms with Gasteiger partial charge in [-0.15, -0.1) is 0 Å². The summed E-state index contributed by atoms with van der Waals surface area (Å²) in [7, 11) is 0. The summed E-state index contributed by atoms with van der Waals surface area (Å²) in [5.74, 6) is 0. The Labute approximate surface area is 140 Å². The van der Waals surface area contributed by atoms with Gasteiger partial charge in [-0.2, -0.15) is 13.2 Å². The number of aromatic amines is 2. The summed E-state index contributed by atoms with van der Waals surface area (Å²) < 4.78 is 39.0. The van der Waals surface area contributed by atoms with Crippen molar-refractivity contribution in [2.75, 3.05) is 0 Å². The summed E-state index contributed by atoms with van der Waals surface area (Å²) in [6.07, 6.45) is -4.39. The van der Waals surface area contributed by atoms with Crippen LogP contribution in [-0.4, -0.2) is 9.97 Å². The zero-order valence-corrected chi connectivity index (χ0v) is 13.2. The predicted octanol–water partition coefficient (Wildman–Crippen LogP) is 5.00. The lowest BCUT2D eigenvalue weighted by molar-refractivity contribution is -0.137.